The van der Waals surface area contributed by atoms with Crippen molar-refractivity contribution in [2.45, 2.75) is 44.8 Å². The van der Waals surface area contributed by atoms with E-state index in [1.807, 2.05) is 19.9 Å². The number of methoxy groups -OCH3 is 1. The predicted octanol–water partition coefficient (Wildman–Crippen LogP) is 2.24. The summed E-state index contributed by atoms with van der Waals surface area (Å²) >= 11 is 0. The van der Waals surface area contributed by atoms with Gasteiger partial charge in [0.1, 0.15) is 12.1 Å². The van der Waals surface area contributed by atoms with Crippen molar-refractivity contribution in [2.24, 2.45) is 0 Å². The summed E-state index contributed by atoms with van der Waals surface area (Å²) in [6.07, 6.45) is 5.08. The maximum absolute atomic E-state index is 5.55. The zero-order valence-electron chi connectivity index (χ0n) is 11.3. The molecule has 1 fully saturated rings. The third kappa shape index (κ3) is 3.10. The number of ether oxygens (including phenoxy) is 2. The molecular weight excluding hydrogens is 230 g/mol. The van der Waals surface area contributed by atoms with Crippen molar-refractivity contribution >= 4 is 5.82 Å². The van der Waals surface area contributed by atoms with Crippen molar-refractivity contribution in [2.75, 3.05) is 19.0 Å². The van der Waals surface area contributed by atoms with Gasteiger partial charge in [0, 0.05) is 19.7 Å². The Morgan fingerprint density at radius 3 is 2.72 bits per heavy atom. The highest BCUT2D eigenvalue weighted by molar-refractivity contribution is 5.37. The van der Waals surface area contributed by atoms with Crippen LogP contribution in [0.5, 0.6) is 5.88 Å². The van der Waals surface area contributed by atoms with Crippen LogP contribution in [0.1, 0.15) is 33.1 Å². The third-order valence-corrected chi connectivity index (χ3v) is 3.29. The second kappa shape index (κ2) is 5.52. The fraction of sp³-hybridized carbons (Fsp3) is 0.692. The van der Waals surface area contributed by atoms with Gasteiger partial charge in [0.05, 0.1) is 11.7 Å². The number of nitrogens with zero attached hydrogens (tertiary/aromatic N) is 2. The van der Waals surface area contributed by atoms with E-state index < -0.39 is 0 Å². The first-order chi connectivity index (χ1) is 8.63. The molecule has 0 radical (unpaired) electrons. The molecule has 0 aromatic carbocycles. The van der Waals surface area contributed by atoms with Gasteiger partial charge in [0.2, 0.25) is 5.88 Å². The molecule has 5 heteroatoms. The van der Waals surface area contributed by atoms with E-state index in [4.69, 9.17) is 9.47 Å². The van der Waals surface area contributed by atoms with Gasteiger partial charge in [-0.25, -0.2) is 9.97 Å². The highest BCUT2D eigenvalue weighted by Crippen LogP contribution is 2.35. The van der Waals surface area contributed by atoms with Crippen molar-refractivity contribution < 1.29 is 9.47 Å². The summed E-state index contributed by atoms with van der Waals surface area (Å²) in [5.74, 6) is 1.38. The molecule has 0 amide bonds. The average Bonchev–Trinajstić information content (AvgIpc) is 2.28. The predicted molar refractivity (Wildman–Crippen MR) is 69.9 cm³/mol. The molecule has 1 aromatic heterocycles. The van der Waals surface area contributed by atoms with Crippen LogP contribution in [0, 0.1) is 0 Å². The molecule has 0 unspecified atom stereocenters. The van der Waals surface area contributed by atoms with E-state index in [1.54, 1.807) is 7.11 Å². The smallest absolute Gasteiger partial charge is 0.218 e. The summed E-state index contributed by atoms with van der Waals surface area (Å²) in [6.45, 7) is 4.73. The Bertz CT molecular complexity index is 386. The quantitative estimate of drug-likeness (QED) is 0.840. The van der Waals surface area contributed by atoms with Gasteiger partial charge in [-0.1, -0.05) is 0 Å². The number of aromatic nitrogens is 2. The second-order valence-corrected chi connectivity index (χ2v) is 5.00. The lowest BCUT2D eigenvalue weighted by molar-refractivity contribution is -0.0601. The van der Waals surface area contributed by atoms with Crippen LogP contribution in [0.15, 0.2) is 12.4 Å². The van der Waals surface area contributed by atoms with Crippen LogP contribution >= 0.6 is 0 Å². The Labute approximate surface area is 108 Å². The van der Waals surface area contributed by atoms with E-state index in [9.17, 15) is 0 Å². The number of hydrogen-bond donors (Lipinski definition) is 1. The van der Waals surface area contributed by atoms with Gasteiger partial charge in [0.15, 0.2) is 0 Å². The monoisotopic (exact) mass is 251 g/mol. The van der Waals surface area contributed by atoms with Crippen LogP contribution in [0.25, 0.3) is 0 Å². The van der Waals surface area contributed by atoms with Crippen LogP contribution < -0.4 is 10.1 Å². The molecule has 1 aromatic rings. The summed E-state index contributed by atoms with van der Waals surface area (Å²) in [5.41, 5.74) is -0.00990. The first kappa shape index (κ1) is 13.1. The zero-order valence-corrected chi connectivity index (χ0v) is 11.3. The summed E-state index contributed by atoms with van der Waals surface area (Å²) in [4.78, 5) is 8.26. The lowest BCUT2D eigenvalue weighted by atomic mass is 9.80. The Hall–Kier alpha value is -1.36. The van der Waals surface area contributed by atoms with Gasteiger partial charge in [-0.15, -0.1) is 0 Å². The highest BCUT2D eigenvalue weighted by Gasteiger charge is 2.36. The van der Waals surface area contributed by atoms with E-state index in [2.05, 4.69) is 15.3 Å². The van der Waals surface area contributed by atoms with Crippen LogP contribution in [-0.2, 0) is 4.74 Å². The molecule has 18 heavy (non-hydrogen) atoms. The standard InChI is InChI=1S/C13H21N3O2/c1-10(2)18-12-7-11(15-9-16-12)14-8-13(17-3)5-4-6-13/h7,9-10H,4-6,8H2,1-3H3,(H,14,15,16). The number of hydrogen-bond acceptors (Lipinski definition) is 5. The average molecular weight is 251 g/mol. The minimum Gasteiger partial charge on any atom is -0.475 e. The molecule has 5 nitrogen and oxygen atoms in total. The molecule has 0 aliphatic heterocycles. The molecule has 100 valence electrons. The molecule has 0 saturated heterocycles. The Morgan fingerprint density at radius 2 is 2.17 bits per heavy atom. The Morgan fingerprint density at radius 1 is 1.39 bits per heavy atom. The van der Waals surface area contributed by atoms with Gasteiger partial charge in [-0.05, 0) is 33.1 Å². The lowest BCUT2D eigenvalue weighted by Crippen LogP contribution is -2.45. The SMILES string of the molecule is COC1(CNc2cc(OC(C)C)ncn2)CCC1. The summed E-state index contributed by atoms with van der Waals surface area (Å²) < 4.78 is 11.1. The molecule has 1 heterocycles. The van der Waals surface area contributed by atoms with E-state index in [0.717, 1.165) is 25.2 Å². The maximum Gasteiger partial charge on any atom is 0.218 e. The maximum atomic E-state index is 5.55. The Balaban J connectivity index is 1.92. The minimum atomic E-state index is -0.00990. The molecule has 2 rings (SSSR count). The summed E-state index contributed by atoms with van der Waals surface area (Å²) in [6, 6.07) is 1.82. The van der Waals surface area contributed by atoms with Crippen molar-refractivity contribution in [3.05, 3.63) is 12.4 Å². The first-order valence-electron chi connectivity index (χ1n) is 6.41. The van der Waals surface area contributed by atoms with Crippen molar-refractivity contribution in [3.63, 3.8) is 0 Å². The van der Waals surface area contributed by atoms with Crippen LogP contribution in [0.4, 0.5) is 5.82 Å². The van der Waals surface area contributed by atoms with E-state index >= 15 is 0 Å². The second-order valence-electron chi connectivity index (χ2n) is 5.00. The van der Waals surface area contributed by atoms with Gasteiger partial charge in [-0.3, -0.25) is 0 Å². The fourth-order valence-electron chi connectivity index (χ4n) is 2.02. The normalized spacial score (nSPS) is 17.3. The van der Waals surface area contributed by atoms with E-state index in [0.29, 0.717) is 5.88 Å². The zero-order chi connectivity index (χ0) is 13.0. The van der Waals surface area contributed by atoms with Crippen LogP contribution in [-0.4, -0.2) is 35.3 Å². The fourth-order valence-corrected chi connectivity index (χ4v) is 2.02. The van der Waals surface area contributed by atoms with E-state index in [-0.39, 0.29) is 11.7 Å². The third-order valence-electron chi connectivity index (χ3n) is 3.29. The van der Waals surface area contributed by atoms with Crippen molar-refractivity contribution in [1.82, 2.24) is 9.97 Å². The van der Waals surface area contributed by atoms with Gasteiger partial charge in [0.25, 0.3) is 0 Å². The summed E-state index contributed by atoms with van der Waals surface area (Å²) in [5, 5.41) is 3.30. The minimum absolute atomic E-state index is 0.00990. The topological polar surface area (TPSA) is 56.3 Å². The molecular formula is C13H21N3O2. The summed E-state index contributed by atoms with van der Waals surface area (Å²) in [7, 11) is 1.77. The molecule has 1 aliphatic carbocycles. The number of nitrogens with one attached hydrogen (secondary N) is 1. The molecule has 0 atom stereocenters. The number of anilines is 1. The van der Waals surface area contributed by atoms with Crippen molar-refractivity contribution in [1.29, 1.82) is 0 Å². The van der Waals surface area contributed by atoms with Crippen molar-refractivity contribution in [3.8, 4) is 5.88 Å². The van der Waals surface area contributed by atoms with Gasteiger partial charge >= 0.3 is 0 Å². The molecule has 0 bridgehead atoms. The van der Waals surface area contributed by atoms with Gasteiger partial charge in [-0.2, -0.15) is 0 Å². The highest BCUT2D eigenvalue weighted by atomic mass is 16.5. The van der Waals surface area contributed by atoms with E-state index in [1.165, 1.54) is 12.7 Å². The molecule has 1 aliphatic rings. The first-order valence-corrected chi connectivity index (χ1v) is 6.41. The molecule has 0 spiro atoms. The molecule has 1 N–H and O–H groups in total. The lowest BCUT2D eigenvalue weighted by Gasteiger charge is -2.40. The van der Waals surface area contributed by atoms with Gasteiger partial charge < -0.3 is 14.8 Å². The molecule has 1 saturated carbocycles. The largest absolute Gasteiger partial charge is 0.475 e. The van der Waals surface area contributed by atoms with Crippen LogP contribution in [0.2, 0.25) is 0 Å². The number of rotatable bonds is 6. The van der Waals surface area contributed by atoms with Crippen LogP contribution in [0.3, 0.4) is 0 Å². The Kier molecular flexibility index (Phi) is 4.01.